The van der Waals surface area contributed by atoms with Crippen molar-refractivity contribution < 1.29 is 5.11 Å². The fourth-order valence-corrected chi connectivity index (χ4v) is 4.83. The third-order valence-electron chi connectivity index (χ3n) is 3.69. The van der Waals surface area contributed by atoms with Crippen LogP contribution in [0.5, 0.6) is 0 Å². The second kappa shape index (κ2) is 4.10. The molecule has 1 heterocycles. The van der Waals surface area contributed by atoms with Gasteiger partial charge in [-0.05, 0) is 52.5 Å². The quantitative estimate of drug-likeness (QED) is 0.834. The van der Waals surface area contributed by atoms with Crippen LogP contribution < -0.4 is 0 Å². The summed E-state index contributed by atoms with van der Waals surface area (Å²) in [7, 11) is 0. The first kappa shape index (κ1) is 13.1. The minimum absolute atomic E-state index is 0.243. The van der Waals surface area contributed by atoms with Gasteiger partial charge in [0.2, 0.25) is 0 Å². The molecule has 0 aromatic carbocycles. The van der Waals surface area contributed by atoms with Gasteiger partial charge >= 0.3 is 0 Å². The van der Waals surface area contributed by atoms with Crippen molar-refractivity contribution in [2.45, 2.75) is 59.0 Å². The van der Waals surface area contributed by atoms with Crippen molar-refractivity contribution in [1.29, 1.82) is 0 Å². The number of rotatable bonds is 2. The number of thiophene rings is 1. The Bertz CT molecular complexity index is 360. The first-order valence-corrected chi connectivity index (χ1v) is 7.38. The summed E-state index contributed by atoms with van der Waals surface area (Å²) in [5, 5.41) is 15.2. The van der Waals surface area contributed by atoms with Crippen molar-refractivity contribution in [3.05, 3.63) is 22.4 Å². The average Bonchev–Trinajstić information content (AvgIpc) is 2.47. The molecule has 1 aliphatic rings. The van der Waals surface area contributed by atoms with E-state index >= 15 is 0 Å². The Hall–Kier alpha value is -0.340. The molecule has 96 valence electrons. The van der Waals surface area contributed by atoms with Crippen molar-refractivity contribution in [2.75, 3.05) is 0 Å². The number of hydrogen-bond acceptors (Lipinski definition) is 2. The summed E-state index contributed by atoms with van der Waals surface area (Å²) in [5.74, 6) is 0. The number of aliphatic hydroxyl groups is 1. The van der Waals surface area contributed by atoms with E-state index in [2.05, 4.69) is 44.5 Å². The Balaban J connectivity index is 2.18. The first-order valence-electron chi connectivity index (χ1n) is 6.43. The van der Waals surface area contributed by atoms with E-state index in [4.69, 9.17) is 0 Å². The highest BCUT2D eigenvalue weighted by molar-refractivity contribution is 7.07. The van der Waals surface area contributed by atoms with Crippen molar-refractivity contribution in [3.8, 4) is 0 Å². The van der Waals surface area contributed by atoms with Crippen LogP contribution in [0.4, 0.5) is 0 Å². The Morgan fingerprint density at radius 3 is 2.18 bits per heavy atom. The molecule has 1 saturated carbocycles. The van der Waals surface area contributed by atoms with E-state index < -0.39 is 5.60 Å². The van der Waals surface area contributed by atoms with Gasteiger partial charge < -0.3 is 5.11 Å². The van der Waals surface area contributed by atoms with Crippen LogP contribution in [0.1, 0.15) is 52.5 Å². The maximum absolute atomic E-state index is 10.9. The van der Waals surface area contributed by atoms with Gasteiger partial charge in [-0.2, -0.15) is 11.3 Å². The van der Waals surface area contributed by atoms with Gasteiger partial charge in [-0.25, -0.2) is 0 Å². The monoisotopic (exact) mass is 252 g/mol. The van der Waals surface area contributed by atoms with Gasteiger partial charge in [0.05, 0.1) is 5.60 Å². The number of hydrogen-bond donors (Lipinski definition) is 1. The third-order valence-corrected chi connectivity index (χ3v) is 4.42. The summed E-state index contributed by atoms with van der Waals surface area (Å²) < 4.78 is 0. The molecule has 0 radical (unpaired) electrons. The fraction of sp³-hybridized carbons (Fsp3) is 0.733. The highest BCUT2D eigenvalue weighted by Gasteiger charge is 2.46. The van der Waals surface area contributed by atoms with Crippen LogP contribution >= 0.6 is 11.3 Å². The molecular formula is C15H24OS. The molecule has 0 atom stereocenters. The lowest BCUT2D eigenvalue weighted by Gasteiger charge is -2.49. The standard InChI is InChI=1S/C15H24OS/c1-13(2)9-14(3,4)11-15(16,10-13)7-12-5-6-17-8-12/h5-6,8,16H,7,9-11H2,1-4H3. The zero-order chi connectivity index (χ0) is 12.7. The van der Waals surface area contributed by atoms with E-state index in [1.807, 2.05) is 0 Å². The molecule has 1 fully saturated rings. The minimum Gasteiger partial charge on any atom is -0.390 e. The predicted octanol–water partition coefficient (Wildman–Crippen LogP) is 4.26. The lowest BCUT2D eigenvalue weighted by atomic mass is 9.58. The van der Waals surface area contributed by atoms with E-state index in [0.29, 0.717) is 0 Å². The zero-order valence-corrected chi connectivity index (χ0v) is 12.2. The van der Waals surface area contributed by atoms with Crippen LogP contribution in [0.3, 0.4) is 0 Å². The molecule has 0 spiro atoms. The maximum Gasteiger partial charge on any atom is 0.0698 e. The second-order valence-corrected chi connectivity index (χ2v) is 8.17. The average molecular weight is 252 g/mol. The summed E-state index contributed by atoms with van der Waals surface area (Å²) in [4.78, 5) is 0. The van der Waals surface area contributed by atoms with Crippen LogP contribution in [0.2, 0.25) is 0 Å². The summed E-state index contributed by atoms with van der Waals surface area (Å²) >= 11 is 1.72. The van der Waals surface area contributed by atoms with Gasteiger partial charge in [0.15, 0.2) is 0 Å². The lowest BCUT2D eigenvalue weighted by molar-refractivity contribution is -0.0850. The smallest absolute Gasteiger partial charge is 0.0698 e. The summed E-state index contributed by atoms with van der Waals surface area (Å²) in [6.45, 7) is 9.14. The molecule has 1 N–H and O–H groups in total. The van der Waals surface area contributed by atoms with Crippen LogP contribution in [0.25, 0.3) is 0 Å². The van der Waals surface area contributed by atoms with E-state index in [1.54, 1.807) is 11.3 Å². The van der Waals surface area contributed by atoms with Crippen LogP contribution in [0, 0.1) is 10.8 Å². The molecule has 17 heavy (non-hydrogen) atoms. The Morgan fingerprint density at radius 2 is 1.71 bits per heavy atom. The zero-order valence-electron chi connectivity index (χ0n) is 11.4. The molecule has 1 aromatic heterocycles. The van der Waals surface area contributed by atoms with Crippen molar-refractivity contribution in [2.24, 2.45) is 10.8 Å². The summed E-state index contributed by atoms with van der Waals surface area (Å²) in [5.41, 5.74) is 1.25. The van der Waals surface area contributed by atoms with Gasteiger partial charge in [-0.1, -0.05) is 27.7 Å². The molecule has 0 bridgehead atoms. The fourth-order valence-electron chi connectivity index (χ4n) is 4.16. The van der Waals surface area contributed by atoms with E-state index in [-0.39, 0.29) is 10.8 Å². The van der Waals surface area contributed by atoms with Gasteiger partial charge in [-0.3, -0.25) is 0 Å². The largest absolute Gasteiger partial charge is 0.390 e. The van der Waals surface area contributed by atoms with Gasteiger partial charge in [-0.15, -0.1) is 0 Å². The van der Waals surface area contributed by atoms with Crippen molar-refractivity contribution in [1.82, 2.24) is 0 Å². The molecule has 2 rings (SSSR count). The van der Waals surface area contributed by atoms with Crippen LogP contribution in [-0.4, -0.2) is 10.7 Å². The molecule has 1 aliphatic carbocycles. The van der Waals surface area contributed by atoms with E-state index in [1.165, 1.54) is 12.0 Å². The SMILES string of the molecule is CC1(C)CC(C)(C)CC(O)(Cc2ccsc2)C1. The maximum atomic E-state index is 10.9. The normalized spacial score (nSPS) is 25.7. The predicted molar refractivity (Wildman–Crippen MR) is 74.4 cm³/mol. The van der Waals surface area contributed by atoms with Gasteiger partial charge in [0.25, 0.3) is 0 Å². The molecule has 0 unspecified atom stereocenters. The summed E-state index contributed by atoms with van der Waals surface area (Å²) in [6.07, 6.45) is 3.84. The highest BCUT2D eigenvalue weighted by Crippen LogP contribution is 2.51. The van der Waals surface area contributed by atoms with Gasteiger partial charge in [0.1, 0.15) is 0 Å². The van der Waals surface area contributed by atoms with E-state index in [9.17, 15) is 5.11 Å². The molecule has 2 heteroatoms. The second-order valence-electron chi connectivity index (χ2n) is 7.39. The minimum atomic E-state index is -0.522. The molecule has 0 aliphatic heterocycles. The van der Waals surface area contributed by atoms with Crippen LogP contribution in [0.15, 0.2) is 16.8 Å². The Kier molecular flexibility index (Phi) is 3.16. The van der Waals surface area contributed by atoms with Gasteiger partial charge in [0, 0.05) is 6.42 Å². The summed E-state index contributed by atoms with van der Waals surface area (Å²) in [6, 6.07) is 2.14. The van der Waals surface area contributed by atoms with E-state index in [0.717, 1.165) is 19.3 Å². The molecule has 1 aromatic rings. The molecule has 0 saturated heterocycles. The first-order chi connectivity index (χ1) is 7.70. The Morgan fingerprint density at radius 1 is 1.12 bits per heavy atom. The molecule has 0 amide bonds. The van der Waals surface area contributed by atoms with Crippen molar-refractivity contribution in [3.63, 3.8) is 0 Å². The van der Waals surface area contributed by atoms with Crippen LogP contribution in [-0.2, 0) is 6.42 Å². The molecule has 1 nitrogen and oxygen atoms in total. The topological polar surface area (TPSA) is 20.2 Å². The molecular weight excluding hydrogens is 228 g/mol. The Labute approximate surface area is 109 Å². The highest BCUT2D eigenvalue weighted by atomic mass is 32.1. The third kappa shape index (κ3) is 3.32. The lowest BCUT2D eigenvalue weighted by Crippen LogP contribution is -2.47. The van der Waals surface area contributed by atoms with Crippen molar-refractivity contribution >= 4 is 11.3 Å².